The Labute approximate surface area is 115 Å². The highest BCUT2D eigenvalue weighted by atomic mass is 79.9. The summed E-state index contributed by atoms with van der Waals surface area (Å²) in [4.78, 5) is 14.3. The van der Waals surface area contributed by atoms with Crippen molar-refractivity contribution in [1.29, 1.82) is 5.26 Å². The van der Waals surface area contributed by atoms with Gasteiger partial charge in [0.15, 0.2) is 0 Å². The van der Waals surface area contributed by atoms with Crippen LogP contribution in [0.2, 0.25) is 0 Å². The number of aromatic nitrogens is 1. The van der Waals surface area contributed by atoms with Gasteiger partial charge in [-0.2, -0.15) is 5.26 Å². The molecule has 1 aliphatic rings. The Morgan fingerprint density at radius 2 is 2.39 bits per heavy atom. The molecule has 1 fully saturated rings. The van der Waals surface area contributed by atoms with Gasteiger partial charge in [-0.15, -0.1) is 0 Å². The molecule has 0 N–H and O–H groups in total. The van der Waals surface area contributed by atoms with Gasteiger partial charge in [0.25, 0.3) is 5.91 Å². The monoisotopic (exact) mass is 309 g/mol. The first-order chi connectivity index (χ1) is 8.67. The smallest absolute Gasteiger partial charge is 0.270 e. The van der Waals surface area contributed by atoms with Crippen LogP contribution in [0.4, 0.5) is 0 Å². The molecule has 4 nitrogen and oxygen atoms in total. The molecule has 2 rings (SSSR count). The number of nitriles is 1. The second kappa shape index (κ2) is 5.57. The number of hydrogen-bond acceptors (Lipinski definition) is 2. The van der Waals surface area contributed by atoms with Crippen LogP contribution in [0.15, 0.2) is 16.7 Å². The van der Waals surface area contributed by atoms with Crippen LogP contribution in [-0.2, 0) is 6.54 Å². The summed E-state index contributed by atoms with van der Waals surface area (Å²) in [7, 11) is 0. The Morgan fingerprint density at radius 3 is 2.94 bits per heavy atom. The van der Waals surface area contributed by atoms with Crippen molar-refractivity contribution >= 4 is 21.8 Å². The first kappa shape index (κ1) is 13.2. The third kappa shape index (κ3) is 2.75. The predicted molar refractivity (Wildman–Crippen MR) is 72.1 cm³/mol. The highest BCUT2D eigenvalue weighted by Crippen LogP contribution is 2.29. The van der Waals surface area contributed by atoms with Gasteiger partial charge in [-0.3, -0.25) is 4.79 Å². The SMILES string of the molecule is CCn1cc(Br)cc1C(=O)N(CCC#N)C1CC1. The van der Waals surface area contributed by atoms with Gasteiger partial charge < -0.3 is 9.47 Å². The molecule has 5 heteroatoms. The Balaban J connectivity index is 2.19. The van der Waals surface area contributed by atoms with E-state index in [1.807, 2.05) is 28.7 Å². The number of hydrogen-bond donors (Lipinski definition) is 0. The first-order valence-corrected chi connectivity index (χ1v) is 7.00. The van der Waals surface area contributed by atoms with Crippen molar-refractivity contribution in [2.45, 2.75) is 38.8 Å². The minimum atomic E-state index is 0.0419. The maximum atomic E-state index is 12.5. The van der Waals surface area contributed by atoms with E-state index in [0.29, 0.717) is 24.7 Å². The zero-order valence-corrected chi connectivity index (χ0v) is 12.0. The van der Waals surface area contributed by atoms with Gasteiger partial charge in [0, 0.05) is 29.8 Å². The standard InChI is InChI=1S/C13H16BrN3O/c1-2-16-9-10(14)8-12(16)13(18)17(7-3-6-15)11-4-5-11/h8-9,11H,2-5,7H2,1H3. The number of rotatable bonds is 5. The molecule has 1 saturated carbocycles. The fraction of sp³-hybridized carbons (Fsp3) is 0.538. The molecule has 0 radical (unpaired) electrons. The van der Waals surface area contributed by atoms with Gasteiger partial charge in [0.1, 0.15) is 5.69 Å². The van der Waals surface area contributed by atoms with E-state index in [0.717, 1.165) is 23.9 Å². The molecule has 18 heavy (non-hydrogen) atoms. The molecular formula is C13H16BrN3O. The molecule has 0 bridgehead atoms. The molecule has 96 valence electrons. The van der Waals surface area contributed by atoms with E-state index in [9.17, 15) is 4.79 Å². The summed E-state index contributed by atoms with van der Waals surface area (Å²) in [5.74, 6) is 0.0419. The lowest BCUT2D eigenvalue weighted by atomic mass is 10.3. The molecule has 1 amide bonds. The van der Waals surface area contributed by atoms with E-state index >= 15 is 0 Å². The number of nitrogens with zero attached hydrogens (tertiary/aromatic N) is 3. The number of carbonyl (C=O) groups excluding carboxylic acids is 1. The predicted octanol–water partition coefficient (Wildman–Crippen LogP) is 2.79. The summed E-state index contributed by atoms with van der Waals surface area (Å²) >= 11 is 3.40. The second-order valence-electron chi connectivity index (χ2n) is 4.47. The van der Waals surface area contributed by atoms with Crippen LogP contribution in [0.3, 0.4) is 0 Å². The molecule has 0 aromatic carbocycles. The van der Waals surface area contributed by atoms with E-state index in [2.05, 4.69) is 22.0 Å². The van der Waals surface area contributed by atoms with Crippen LogP contribution in [0.1, 0.15) is 36.7 Å². The van der Waals surface area contributed by atoms with E-state index < -0.39 is 0 Å². The van der Waals surface area contributed by atoms with Crippen molar-refractivity contribution in [3.8, 4) is 6.07 Å². The van der Waals surface area contributed by atoms with Gasteiger partial charge >= 0.3 is 0 Å². The summed E-state index contributed by atoms with van der Waals surface area (Å²) < 4.78 is 2.86. The lowest BCUT2D eigenvalue weighted by Crippen LogP contribution is -2.35. The van der Waals surface area contributed by atoms with Crippen LogP contribution in [0, 0.1) is 11.3 Å². The molecule has 0 saturated heterocycles. The normalized spacial score (nSPS) is 14.3. The second-order valence-corrected chi connectivity index (χ2v) is 5.38. The van der Waals surface area contributed by atoms with Gasteiger partial charge in [-0.1, -0.05) is 0 Å². The van der Waals surface area contributed by atoms with E-state index in [1.54, 1.807) is 0 Å². The number of aryl methyl sites for hydroxylation is 1. The van der Waals surface area contributed by atoms with E-state index in [4.69, 9.17) is 5.26 Å². The van der Waals surface area contributed by atoms with E-state index in [-0.39, 0.29) is 5.91 Å². The summed E-state index contributed by atoms with van der Waals surface area (Å²) in [6.07, 6.45) is 4.44. The summed E-state index contributed by atoms with van der Waals surface area (Å²) in [5.41, 5.74) is 0.703. The van der Waals surface area contributed by atoms with Crippen molar-refractivity contribution in [1.82, 2.24) is 9.47 Å². The van der Waals surface area contributed by atoms with Gasteiger partial charge in [-0.05, 0) is 41.8 Å². The molecule has 0 spiro atoms. The fourth-order valence-corrected chi connectivity index (χ4v) is 2.53. The van der Waals surface area contributed by atoms with Crippen molar-refractivity contribution in [3.63, 3.8) is 0 Å². The largest absolute Gasteiger partial charge is 0.343 e. The Bertz CT molecular complexity index is 485. The van der Waals surface area contributed by atoms with Crippen LogP contribution in [-0.4, -0.2) is 28.0 Å². The van der Waals surface area contributed by atoms with Gasteiger partial charge in [-0.25, -0.2) is 0 Å². The minimum Gasteiger partial charge on any atom is -0.343 e. The Hall–Kier alpha value is -1.28. The van der Waals surface area contributed by atoms with Crippen molar-refractivity contribution in [3.05, 3.63) is 22.4 Å². The lowest BCUT2D eigenvalue weighted by Gasteiger charge is -2.21. The maximum absolute atomic E-state index is 12.5. The van der Waals surface area contributed by atoms with E-state index in [1.165, 1.54) is 0 Å². The van der Waals surface area contributed by atoms with Crippen molar-refractivity contribution in [2.75, 3.05) is 6.54 Å². The van der Waals surface area contributed by atoms with Gasteiger partial charge in [0.05, 0.1) is 12.5 Å². The third-order valence-electron chi connectivity index (χ3n) is 3.14. The molecule has 0 atom stereocenters. The van der Waals surface area contributed by atoms with Gasteiger partial charge in [0.2, 0.25) is 0 Å². The number of amides is 1. The van der Waals surface area contributed by atoms with Crippen LogP contribution < -0.4 is 0 Å². The highest BCUT2D eigenvalue weighted by Gasteiger charge is 2.33. The minimum absolute atomic E-state index is 0.0419. The average molecular weight is 310 g/mol. The topological polar surface area (TPSA) is 49.0 Å². The average Bonchev–Trinajstić information content (AvgIpc) is 3.12. The molecular weight excluding hydrogens is 294 g/mol. The lowest BCUT2D eigenvalue weighted by molar-refractivity contribution is 0.0736. The molecule has 1 aromatic heterocycles. The Morgan fingerprint density at radius 1 is 1.67 bits per heavy atom. The molecule has 1 aliphatic carbocycles. The summed E-state index contributed by atoms with van der Waals surface area (Å²) in [6.45, 7) is 3.32. The Kier molecular flexibility index (Phi) is 4.07. The van der Waals surface area contributed by atoms with Crippen LogP contribution in [0.25, 0.3) is 0 Å². The van der Waals surface area contributed by atoms with Crippen molar-refractivity contribution in [2.24, 2.45) is 0 Å². The molecule has 0 aliphatic heterocycles. The van der Waals surface area contributed by atoms with Crippen molar-refractivity contribution < 1.29 is 4.79 Å². The zero-order chi connectivity index (χ0) is 13.1. The summed E-state index contributed by atoms with van der Waals surface area (Å²) in [5, 5.41) is 8.67. The molecule has 1 aromatic rings. The van der Waals surface area contributed by atoms with Crippen LogP contribution >= 0.6 is 15.9 Å². The molecule has 1 heterocycles. The fourth-order valence-electron chi connectivity index (χ4n) is 2.07. The number of halogens is 1. The maximum Gasteiger partial charge on any atom is 0.270 e. The highest BCUT2D eigenvalue weighted by molar-refractivity contribution is 9.10. The number of carbonyl (C=O) groups is 1. The quantitative estimate of drug-likeness (QED) is 0.839. The van der Waals surface area contributed by atoms with Crippen LogP contribution in [0.5, 0.6) is 0 Å². The zero-order valence-electron chi connectivity index (χ0n) is 10.4. The summed E-state index contributed by atoms with van der Waals surface area (Å²) in [6, 6.07) is 4.30. The third-order valence-corrected chi connectivity index (χ3v) is 3.57. The molecule has 0 unspecified atom stereocenters. The first-order valence-electron chi connectivity index (χ1n) is 6.21.